The zero-order valence-corrected chi connectivity index (χ0v) is 34.1. The molecule has 3 aromatic carbocycles. The molecule has 0 radical (unpaired) electrons. The number of halogens is 2. The molecule has 16 heteroatoms. The smallest absolute Gasteiger partial charge is 0.319 e. The van der Waals surface area contributed by atoms with Crippen LogP contribution in [-0.4, -0.2) is 99.0 Å². The zero-order valence-electron chi connectivity index (χ0n) is 33.3. The van der Waals surface area contributed by atoms with Crippen LogP contribution >= 0.6 is 0 Å². The van der Waals surface area contributed by atoms with E-state index in [1.807, 2.05) is 6.07 Å². The van der Waals surface area contributed by atoms with Gasteiger partial charge in [0.15, 0.2) is 11.6 Å². The van der Waals surface area contributed by atoms with E-state index in [1.54, 1.807) is 48.7 Å². The van der Waals surface area contributed by atoms with Crippen molar-refractivity contribution in [1.29, 1.82) is 0 Å². The van der Waals surface area contributed by atoms with E-state index < -0.39 is 21.7 Å². The summed E-state index contributed by atoms with van der Waals surface area (Å²) in [6, 6.07) is 15.6. The normalized spacial score (nSPS) is 23.8. The molecule has 2 bridgehead atoms. The van der Waals surface area contributed by atoms with E-state index in [0.29, 0.717) is 78.1 Å². The lowest BCUT2D eigenvalue weighted by molar-refractivity contribution is 0.0440. The van der Waals surface area contributed by atoms with Crippen molar-refractivity contribution in [3.63, 3.8) is 0 Å². The number of rotatable bonds is 11. The van der Waals surface area contributed by atoms with Crippen LogP contribution < -0.4 is 15.0 Å². The van der Waals surface area contributed by atoms with Gasteiger partial charge < -0.3 is 19.7 Å². The van der Waals surface area contributed by atoms with E-state index in [2.05, 4.69) is 36.1 Å². The number of fused-ring (bicyclic) bond motifs is 5. The minimum atomic E-state index is -3.85. The molecule has 61 heavy (non-hydrogen) atoms. The molecule has 13 nitrogen and oxygen atoms in total. The molecule has 0 spiro atoms. The molecule has 3 aromatic heterocycles. The van der Waals surface area contributed by atoms with Gasteiger partial charge in [-0.15, -0.1) is 15.6 Å². The van der Waals surface area contributed by atoms with Crippen molar-refractivity contribution in [3.05, 3.63) is 95.7 Å². The number of hydrogen-bond donors (Lipinski definition) is 1. The van der Waals surface area contributed by atoms with Crippen LogP contribution in [0.4, 0.5) is 14.6 Å². The number of anilines is 1. The third kappa shape index (κ3) is 6.78. The Kier molecular flexibility index (Phi) is 9.30. The molecular weight excluding hydrogens is 801 g/mol. The average molecular weight is 844 g/mol. The third-order valence-corrected chi connectivity index (χ3v) is 14.7. The quantitative estimate of drug-likeness (QED) is 0.154. The highest BCUT2D eigenvalue weighted by molar-refractivity contribution is 7.89. The Hall–Kier alpha value is -5.60. The van der Waals surface area contributed by atoms with Crippen molar-refractivity contribution in [2.24, 2.45) is 0 Å². The number of pyridine rings is 1. The number of aromatic nitrogens is 6. The number of nitrogens with zero attached hydrogens (tertiary/aromatic N) is 8. The first-order valence-corrected chi connectivity index (χ1v) is 22.4. The Morgan fingerprint density at radius 3 is 2.57 bits per heavy atom. The largest absolute Gasteiger partial charge is 0.461 e. The molecule has 4 saturated heterocycles. The van der Waals surface area contributed by atoms with Crippen molar-refractivity contribution >= 4 is 37.5 Å². The van der Waals surface area contributed by atoms with Crippen molar-refractivity contribution < 1.29 is 26.7 Å². The molecule has 312 valence electrons. The number of nitrogens with one attached hydrogen (secondary N) is 1. The molecule has 6 aromatic rings. The fourth-order valence-electron chi connectivity index (χ4n) is 9.94. The molecular formula is C45H43F2N9O4S. The predicted molar refractivity (Wildman–Crippen MR) is 224 cm³/mol. The highest BCUT2D eigenvalue weighted by atomic mass is 32.2. The van der Waals surface area contributed by atoms with Gasteiger partial charge in [0.05, 0.1) is 34.1 Å². The van der Waals surface area contributed by atoms with Crippen LogP contribution in [0.15, 0.2) is 72.0 Å². The Morgan fingerprint density at radius 1 is 0.967 bits per heavy atom. The fraction of sp³-hybridized carbons (Fsp3) is 0.400. The number of piperazine rings is 1. The maximum atomic E-state index is 17.1. The van der Waals surface area contributed by atoms with Crippen LogP contribution in [0, 0.1) is 24.0 Å². The second kappa shape index (κ2) is 14.8. The van der Waals surface area contributed by atoms with Gasteiger partial charge in [0.25, 0.3) is 10.0 Å². The standard InChI is InChI=1S/C45H43F2N9O4S/c1-2-34-37(46)16-11-28-5-3-6-35(38(28)34)40-39(47)41-36(20-48-40)43(54-21-30-12-13-31(22-54)50-30)52-44(51-41)60-25-45-17-4-18-55(45)23-32(19-45)59-24-27-7-14-33(15-8-27)61(57,58)56-26-49-42(53-56)29-9-10-29/h1,3,5-8,11,14-16,20,26,29-32,50H,4,9-10,12-13,17-19,21-25H2/t30?,31?,32-,45+/m0/s1. The molecule has 1 aliphatic carbocycles. The van der Waals surface area contributed by atoms with Gasteiger partial charge >= 0.3 is 6.01 Å². The molecule has 5 aliphatic rings. The summed E-state index contributed by atoms with van der Waals surface area (Å²) < 4.78 is 72.4. The van der Waals surface area contributed by atoms with E-state index in [4.69, 9.17) is 25.9 Å². The Balaban J connectivity index is 0.848. The first-order chi connectivity index (χ1) is 29.7. The van der Waals surface area contributed by atoms with Crippen LogP contribution in [0.3, 0.4) is 0 Å². The van der Waals surface area contributed by atoms with Gasteiger partial charge in [-0.25, -0.2) is 13.8 Å². The van der Waals surface area contributed by atoms with Crippen LogP contribution in [-0.2, 0) is 21.4 Å². The third-order valence-electron chi connectivity index (χ3n) is 13.2. The summed E-state index contributed by atoms with van der Waals surface area (Å²) in [5, 5.41) is 9.43. The second-order valence-electron chi connectivity index (χ2n) is 17.1. The Morgan fingerprint density at radius 2 is 1.79 bits per heavy atom. The maximum absolute atomic E-state index is 17.1. The van der Waals surface area contributed by atoms with Gasteiger partial charge in [-0.3, -0.25) is 9.88 Å². The maximum Gasteiger partial charge on any atom is 0.319 e. The van der Waals surface area contributed by atoms with Crippen molar-refractivity contribution in [3.8, 4) is 29.6 Å². The van der Waals surface area contributed by atoms with Crippen molar-refractivity contribution in [2.75, 3.05) is 37.7 Å². The molecule has 11 rings (SSSR count). The van der Waals surface area contributed by atoms with Gasteiger partial charge in [0.1, 0.15) is 35.8 Å². The summed E-state index contributed by atoms with van der Waals surface area (Å²) in [6.07, 6.45) is 15.3. The highest BCUT2D eigenvalue weighted by Crippen LogP contribution is 2.42. The molecule has 1 N–H and O–H groups in total. The highest BCUT2D eigenvalue weighted by Gasteiger charge is 2.49. The van der Waals surface area contributed by atoms with Gasteiger partial charge in [0.2, 0.25) is 0 Å². The van der Waals surface area contributed by atoms with E-state index in [0.717, 1.165) is 54.7 Å². The number of terminal acetylenes is 1. The van der Waals surface area contributed by atoms with E-state index in [1.165, 1.54) is 12.4 Å². The van der Waals surface area contributed by atoms with Gasteiger partial charge in [-0.05, 0) is 80.6 Å². The minimum absolute atomic E-state index is 0.0152. The minimum Gasteiger partial charge on any atom is -0.461 e. The molecule has 4 aliphatic heterocycles. The van der Waals surface area contributed by atoms with E-state index in [-0.39, 0.29) is 51.8 Å². The van der Waals surface area contributed by atoms with Crippen LogP contribution in [0.1, 0.15) is 67.8 Å². The first kappa shape index (κ1) is 38.3. The van der Waals surface area contributed by atoms with E-state index >= 15 is 4.39 Å². The second-order valence-corrected chi connectivity index (χ2v) is 18.9. The van der Waals surface area contributed by atoms with Crippen molar-refractivity contribution in [2.45, 2.75) is 86.1 Å². The lowest BCUT2D eigenvalue weighted by atomic mass is 9.94. The number of benzene rings is 3. The molecule has 7 heterocycles. The average Bonchev–Trinajstić information content (AvgIpc) is 3.53. The lowest BCUT2D eigenvalue weighted by Gasteiger charge is -2.34. The predicted octanol–water partition coefficient (Wildman–Crippen LogP) is 5.95. The number of ether oxygens (including phenoxy) is 2. The van der Waals surface area contributed by atoms with Gasteiger partial charge in [-0.1, -0.05) is 42.3 Å². The zero-order chi connectivity index (χ0) is 41.5. The van der Waals surface area contributed by atoms with Crippen molar-refractivity contribution in [1.82, 2.24) is 39.3 Å². The van der Waals surface area contributed by atoms with Crippen LogP contribution in [0.2, 0.25) is 0 Å². The Bertz CT molecular complexity index is 2850. The summed E-state index contributed by atoms with van der Waals surface area (Å²) >= 11 is 0. The Labute approximate surface area is 351 Å². The number of hydrogen-bond acceptors (Lipinski definition) is 12. The fourth-order valence-corrected chi connectivity index (χ4v) is 11.0. The molecule has 2 unspecified atom stereocenters. The topological polar surface area (TPSA) is 140 Å². The van der Waals surface area contributed by atoms with E-state index in [9.17, 15) is 12.8 Å². The summed E-state index contributed by atoms with van der Waals surface area (Å²) in [7, 11) is -3.85. The molecule has 0 amide bonds. The summed E-state index contributed by atoms with van der Waals surface area (Å²) in [5.41, 5.74) is 1.04. The summed E-state index contributed by atoms with van der Waals surface area (Å²) in [5.74, 6) is 2.63. The SMILES string of the molecule is C#Cc1c(F)ccc2cccc(-c3ncc4c(N5CC6CCC(C5)N6)nc(OC[C@]56CCCN5C[C@@H](OCc5ccc(S(=O)(=O)n7cnc(C8CC8)n7)cc5)C6)nc4c3F)c12. The first-order valence-electron chi connectivity index (χ1n) is 21.0. The summed E-state index contributed by atoms with van der Waals surface area (Å²) in [4.78, 5) is 23.2. The van der Waals surface area contributed by atoms with Gasteiger partial charge in [-0.2, -0.15) is 18.4 Å². The van der Waals surface area contributed by atoms with Crippen LogP contribution in [0.25, 0.3) is 32.9 Å². The molecule has 4 atom stereocenters. The van der Waals surface area contributed by atoms with Gasteiger partial charge in [0, 0.05) is 54.8 Å². The summed E-state index contributed by atoms with van der Waals surface area (Å²) in [6.45, 7) is 3.62. The monoisotopic (exact) mass is 843 g/mol. The molecule has 5 fully saturated rings. The van der Waals surface area contributed by atoms with Crippen LogP contribution in [0.5, 0.6) is 6.01 Å². The lowest BCUT2D eigenvalue weighted by Crippen LogP contribution is -2.51. The molecule has 1 saturated carbocycles.